The van der Waals surface area contributed by atoms with Gasteiger partial charge in [0.15, 0.2) is 0 Å². The van der Waals surface area contributed by atoms with Crippen molar-refractivity contribution < 1.29 is 9.84 Å². The third-order valence-electron chi connectivity index (χ3n) is 2.04. The summed E-state index contributed by atoms with van der Waals surface area (Å²) in [4.78, 5) is 0. The molecule has 0 aliphatic heterocycles. The topological polar surface area (TPSA) is 41.5 Å². The molecule has 0 radical (unpaired) electrons. The zero-order valence-electron chi connectivity index (χ0n) is 8.71. The van der Waals surface area contributed by atoms with Gasteiger partial charge in [0.2, 0.25) is 0 Å². The van der Waals surface area contributed by atoms with Crippen LogP contribution in [0.25, 0.3) is 0 Å². The molecule has 3 nitrogen and oxygen atoms in total. The third kappa shape index (κ3) is 3.01. The molecule has 0 unspecified atom stereocenters. The lowest BCUT2D eigenvalue weighted by Crippen LogP contribution is -2.17. The molecular weight excluding hydrogens is 178 g/mol. The Morgan fingerprint density at radius 3 is 2.86 bits per heavy atom. The highest BCUT2D eigenvalue weighted by Crippen LogP contribution is 2.18. The number of benzene rings is 1. The Bertz CT molecular complexity index is 287. The quantitative estimate of drug-likeness (QED) is 0.691. The van der Waals surface area contributed by atoms with Crippen LogP contribution < -0.4 is 10.1 Å². The second-order valence-corrected chi connectivity index (χ2v) is 3.22. The summed E-state index contributed by atoms with van der Waals surface area (Å²) in [6, 6.07) is 6.07. The molecule has 0 saturated carbocycles. The molecule has 1 aromatic rings. The van der Waals surface area contributed by atoms with E-state index in [0.717, 1.165) is 17.9 Å². The minimum Gasteiger partial charge on any atom is -0.496 e. The molecule has 1 rings (SSSR count). The maximum atomic E-state index is 8.63. The predicted octanol–water partition coefficient (Wildman–Crippen LogP) is 1.09. The van der Waals surface area contributed by atoms with Gasteiger partial charge in [-0.1, -0.05) is 17.7 Å². The molecule has 0 bridgehead atoms. The smallest absolute Gasteiger partial charge is 0.123 e. The van der Waals surface area contributed by atoms with E-state index in [1.165, 1.54) is 5.56 Å². The molecule has 0 aliphatic carbocycles. The fourth-order valence-electron chi connectivity index (χ4n) is 1.35. The van der Waals surface area contributed by atoms with Crippen LogP contribution >= 0.6 is 0 Å². The first-order valence-corrected chi connectivity index (χ1v) is 4.73. The lowest BCUT2D eigenvalue weighted by atomic mass is 10.1. The number of aliphatic hydroxyl groups is 1. The number of ether oxygens (including phenoxy) is 1. The number of methoxy groups -OCH3 is 1. The summed E-state index contributed by atoms with van der Waals surface area (Å²) in [6.07, 6.45) is 0. The zero-order chi connectivity index (χ0) is 10.4. The Hall–Kier alpha value is -1.06. The molecule has 78 valence electrons. The van der Waals surface area contributed by atoms with E-state index >= 15 is 0 Å². The van der Waals surface area contributed by atoms with Gasteiger partial charge in [-0.2, -0.15) is 0 Å². The molecule has 0 atom stereocenters. The van der Waals surface area contributed by atoms with Crippen molar-refractivity contribution >= 4 is 0 Å². The molecule has 2 N–H and O–H groups in total. The van der Waals surface area contributed by atoms with Crippen molar-refractivity contribution in [2.45, 2.75) is 13.5 Å². The van der Waals surface area contributed by atoms with Crippen molar-refractivity contribution in [2.75, 3.05) is 20.3 Å². The first-order chi connectivity index (χ1) is 6.77. The van der Waals surface area contributed by atoms with Gasteiger partial charge in [0.05, 0.1) is 13.7 Å². The molecule has 0 heterocycles. The summed E-state index contributed by atoms with van der Waals surface area (Å²) in [6.45, 7) is 3.55. The van der Waals surface area contributed by atoms with E-state index in [0.29, 0.717) is 6.54 Å². The number of hydrogen-bond acceptors (Lipinski definition) is 3. The Balaban J connectivity index is 2.67. The summed E-state index contributed by atoms with van der Waals surface area (Å²) < 4.78 is 5.23. The fourth-order valence-corrected chi connectivity index (χ4v) is 1.35. The average Bonchev–Trinajstić information content (AvgIpc) is 2.19. The minimum atomic E-state index is 0.161. The SMILES string of the molecule is COc1ccc(C)cc1CNCCO. The highest BCUT2D eigenvalue weighted by atomic mass is 16.5. The number of aryl methyl sites for hydroxylation is 1. The van der Waals surface area contributed by atoms with Crippen LogP contribution in [0.4, 0.5) is 0 Å². The van der Waals surface area contributed by atoms with Gasteiger partial charge in [-0.05, 0) is 13.0 Å². The first-order valence-electron chi connectivity index (χ1n) is 4.73. The molecule has 0 aliphatic rings. The molecule has 0 saturated heterocycles. The highest BCUT2D eigenvalue weighted by molar-refractivity contribution is 5.36. The minimum absolute atomic E-state index is 0.161. The van der Waals surface area contributed by atoms with Gasteiger partial charge in [0.25, 0.3) is 0 Å². The van der Waals surface area contributed by atoms with Crippen LogP contribution in [0, 0.1) is 6.92 Å². The van der Waals surface area contributed by atoms with Crippen LogP contribution in [0.3, 0.4) is 0 Å². The van der Waals surface area contributed by atoms with Crippen LogP contribution in [0.15, 0.2) is 18.2 Å². The van der Waals surface area contributed by atoms with Crippen LogP contribution in [-0.2, 0) is 6.54 Å². The van der Waals surface area contributed by atoms with E-state index < -0.39 is 0 Å². The number of hydrogen-bond donors (Lipinski definition) is 2. The van der Waals surface area contributed by atoms with E-state index in [1.807, 2.05) is 12.1 Å². The monoisotopic (exact) mass is 195 g/mol. The lowest BCUT2D eigenvalue weighted by molar-refractivity contribution is 0.291. The zero-order valence-corrected chi connectivity index (χ0v) is 8.71. The number of nitrogens with one attached hydrogen (secondary N) is 1. The first kappa shape index (κ1) is 11.0. The third-order valence-corrected chi connectivity index (χ3v) is 2.04. The van der Waals surface area contributed by atoms with Gasteiger partial charge in [-0.25, -0.2) is 0 Å². The van der Waals surface area contributed by atoms with Crippen LogP contribution in [0.2, 0.25) is 0 Å². The Morgan fingerprint density at radius 1 is 1.43 bits per heavy atom. The molecule has 14 heavy (non-hydrogen) atoms. The number of rotatable bonds is 5. The van der Waals surface area contributed by atoms with Gasteiger partial charge >= 0.3 is 0 Å². The van der Waals surface area contributed by atoms with Crippen LogP contribution in [0.5, 0.6) is 5.75 Å². The van der Waals surface area contributed by atoms with Crippen LogP contribution in [0.1, 0.15) is 11.1 Å². The van der Waals surface area contributed by atoms with Crippen molar-refractivity contribution in [1.29, 1.82) is 0 Å². The van der Waals surface area contributed by atoms with Crippen molar-refractivity contribution in [3.05, 3.63) is 29.3 Å². The van der Waals surface area contributed by atoms with Gasteiger partial charge < -0.3 is 15.2 Å². The molecule has 1 aromatic carbocycles. The van der Waals surface area contributed by atoms with Gasteiger partial charge in [0, 0.05) is 18.7 Å². The molecule has 0 fully saturated rings. The average molecular weight is 195 g/mol. The second-order valence-electron chi connectivity index (χ2n) is 3.22. The van der Waals surface area contributed by atoms with E-state index in [-0.39, 0.29) is 6.61 Å². The maximum absolute atomic E-state index is 8.63. The molecule has 0 spiro atoms. The van der Waals surface area contributed by atoms with Crippen LogP contribution in [-0.4, -0.2) is 25.4 Å². The standard InChI is InChI=1S/C11H17NO2/c1-9-3-4-11(14-2)10(7-9)8-12-5-6-13/h3-4,7,12-13H,5-6,8H2,1-2H3. The summed E-state index contributed by atoms with van der Waals surface area (Å²) in [5.41, 5.74) is 2.34. The summed E-state index contributed by atoms with van der Waals surface area (Å²) in [5.74, 6) is 0.890. The maximum Gasteiger partial charge on any atom is 0.123 e. The molecule has 0 aromatic heterocycles. The molecular formula is C11H17NO2. The van der Waals surface area contributed by atoms with Crippen molar-refractivity contribution in [1.82, 2.24) is 5.32 Å². The second kappa shape index (κ2) is 5.62. The molecule has 0 amide bonds. The fraction of sp³-hybridized carbons (Fsp3) is 0.455. The van der Waals surface area contributed by atoms with E-state index in [1.54, 1.807) is 7.11 Å². The van der Waals surface area contributed by atoms with Gasteiger partial charge in [-0.3, -0.25) is 0 Å². The lowest BCUT2D eigenvalue weighted by Gasteiger charge is -2.09. The highest BCUT2D eigenvalue weighted by Gasteiger charge is 2.01. The number of aliphatic hydroxyl groups excluding tert-OH is 1. The Kier molecular flexibility index (Phi) is 4.43. The predicted molar refractivity (Wildman–Crippen MR) is 56.5 cm³/mol. The van der Waals surface area contributed by atoms with Crippen molar-refractivity contribution in [2.24, 2.45) is 0 Å². The van der Waals surface area contributed by atoms with Gasteiger partial charge in [0.1, 0.15) is 5.75 Å². The summed E-state index contributed by atoms with van der Waals surface area (Å²) in [5, 5.41) is 11.8. The normalized spacial score (nSPS) is 10.2. The largest absolute Gasteiger partial charge is 0.496 e. The van der Waals surface area contributed by atoms with Crippen molar-refractivity contribution in [3.63, 3.8) is 0 Å². The van der Waals surface area contributed by atoms with Crippen molar-refractivity contribution in [3.8, 4) is 5.75 Å². The summed E-state index contributed by atoms with van der Waals surface area (Å²) in [7, 11) is 1.67. The summed E-state index contributed by atoms with van der Waals surface area (Å²) >= 11 is 0. The van der Waals surface area contributed by atoms with E-state index in [4.69, 9.17) is 9.84 Å². The molecule has 3 heteroatoms. The van der Waals surface area contributed by atoms with E-state index in [9.17, 15) is 0 Å². The van der Waals surface area contributed by atoms with E-state index in [2.05, 4.69) is 18.3 Å². The Morgan fingerprint density at radius 2 is 2.21 bits per heavy atom. The van der Waals surface area contributed by atoms with Gasteiger partial charge in [-0.15, -0.1) is 0 Å². The Labute approximate surface area is 84.7 Å².